The van der Waals surface area contributed by atoms with E-state index in [1.165, 1.54) is 35.3 Å². The largest absolute Gasteiger partial charge is 0.496 e. The van der Waals surface area contributed by atoms with Crippen molar-refractivity contribution in [2.75, 3.05) is 34.8 Å². The fourth-order valence-electron chi connectivity index (χ4n) is 2.51. The highest BCUT2D eigenvalue weighted by molar-refractivity contribution is 7.91. The van der Waals surface area contributed by atoms with Gasteiger partial charge < -0.3 is 15.4 Å². The van der Waals surface area contributed by atoms with Crippen LogP contribution in [0.4, 0.5) is 0 Å². The second kappa shape index (κ2) is 9.90. The number of hydrogen-bond acceptors (Lipinski definition) is 5. The molecule has 0 saturated carbocycles. The molecule has 0 amide bonds. The van der Waals surface area contributed by atoms with Gasteiger partial charge in [-0.05, 0) is 42.7 Å². The second-order valence-electron chi connectivity index (χ2n) is 6.41. The van der Waals surface area contributed by atoms with Gasteiger partial charge in [0.05, 0.1) is 13.7 Å². The Hall–Kier alpha value is -2.10. The molecule has 7 nitrogen and oxygen atoms in total. The summed E-state index contributed by atoms with van der Waals surface area (Å²) in [5.41, 5.74) is 2.30. The van der Waals surface area contributed by atoms with Crippen molar-refractivity contribution in [2.45, 2.75) is 24.1 Å². The standard InChI is InChI=1S/C19H28N4O3S2/c1-14-6-7-15(12-17(14)26-5)10-11-21-19(20-2)22-13-16-8-9-18(27-16)28(24,25)23(3)4/h6-9,12H,10-11,13H2,1-5H3,(H2,20,21,22). The molecule has 0 bridgehead atoms. The van der Waals surface area contributed by atoms with Crippen LogP contribution >= 0.6 is 11.3 Å². The molecule has 0 spiro atoms. The van der Waals surface area contributed by atoms with Crippen molar-refractivity contribution >= 4 is 27.3 Å². The van der Waals surface area contributed by atoms with Crippen molar-refractivity contribution in [2.24, 2.45) is 4.99 Å². The summed E-state index contributed by atoms with van der Waals surface area (Å²) < 4.78 is 31.2. The van der Waals surface area contributed by atoms with Crippen molar-refractivity contribution in [1.82, 2.24) is 14.9 Å². The van der Waals surface area contributed by atoms with E-state index in [4.69, 9.17) is 4.74 Å². The van der Waals surface area contributed by atoms with E-state index in [2.05, 4.69) is 27.8 Å². The zero-order valence-electron chi connectivity index (χ0n) is 16.9. The number of sulfonamides is 1. The van der Waals surface area contributed by atoms with E-state index < -0.39 is 10.0 Å². The average molecular weight is 425 g/mol. The highest BCUT2D eigenvalue weighted by Crippen LogP contribution is 2.23. The van der Waals surface area contributed by atoms with E-state index in [1.54, 1.807) is 20.2 Å². The molecule has 1 heterocycles. The van der Waals surface area contributed by atoms with Crippen LogP contribution in [0.25, 0.3) is 0 Å². The van der Waals surface area contributed by atoms with Crippen LogP contribution in [0.2, 0.25) is 0 Å². The highest BCUT2D eigenvalue weighted by atomic mass is 32.2. The van der Waals surface area contributed by atoms with Crippen LogP contribution in [-0.4, -0.2) is 53.5 Å². The lowest BCUT2D eigenvalue weighted by molar-refractivity contribution is 0.411. The molecule has 154 valence electrons. The van der Waals surface area contributed by atoms with E-state index >= 15 is 0 Å². The van der Waals surface area contributed by atoms with Gasteiger partial charge in [-0.2, -0.15) is 0 Å². The van der Waals surface area contributed by atoms with Gasteiger partial charge in [-0.25, -0.2) is 12.7 Å². The Morgan fingerprint density at radius 1 is 1.21 bits per heavy atom. The van der Waals surface area contributed by atoms with Gasteiger partial charge in [-0.3, -0.25) is 4.99 Å². The summed E-state index contributed by atoms with van der Waals surface area (Å²) in [4.78, 5) is 5.14. The van der Waals surface area contributed by atoms with E-state index in [1.807, 2.05) is 19.1 Å². The molecule has 0 saturated heterocycles. The van der Waals surface area contributed by atoms with Crippen molar-refractivity contribution in [1.29, 1.82) is 0 Å². The fourth-order valence-corrected chi connectivity index (χ4v) is 4.97. The number of nitrogens with one attached hydrogen (secondary N) is 2. The molecule has 0 unspecified atom stereocenters. The van der Waals surface area contributed by atoms with Crippen molar-refractivity contribution < 1.29 is 13.2 Å². The number of hydrogen-bond donors (Lipinski definition) is 2. The number of aryl methyl sites for hydroxylation is 1. The number of thiophene rings is 1. The molecular formula is C19H28N4O3S2. The van der Waals surface area contributed by atoms with Gasteiger partial charge >= 0.3 is 0 Å². The third-order valence-corrected chi connectivity index (χ3v) is 7.57. The monoisotopic (exact) mass is 424 g/mol. The van der Waals surface area contributed by atoms with E-state index in [9.17, 15) is 8.42 Å². The lowest BCUT2D eigenvalue weighted by atomic mass is 10.1. The van der Waals surface area contributed by atoms with Gasteiger partial charge in [-0.15, -0.1) is 11.3 Å². The molecule has 0 atom stereocenters. The number of aliphatic imine (C=N–C) groups is 1. The first-order valence-corrected chi connectivity index (χ1v) is 11.1. The van der Waals surface area contributed by atoms with Crippen molar-refractivity contribution in [3.05, 3.63) is 46.3 Å². The second-order valence-corrected chi connectivity index (χ2v) is 9.96. The normalized spacial score (nSPS) is 12.3. The summed E-state index contributed by atoms with van der Waals surface area (Å²) in [5.74, 6) is 1.56. The van der Waals surface area contributed by atoms with E-state index in [0.717, 1.165) is 29.2 Å². The first-order valence-electron chi connectivity index (χ1n) is 8.87. The average Bonchev–Trinajstić information content (AvgIpc) is 3.15. The Bertz CT molecular complexity index is 921. The van der Waals surface area contributed by atoms with Gasteiger partial charge in [-0.1, -0.05) is 12.1 Å². The van der Waals surface area contributed by atoms with Crippen LogP contribution in [-0.2, 0) is 23.0 Å². The van der Waals surface area contributed by atoms with Gasteiger partial charge in [0.1, 0.15) is 9.96 Å². The maximum Gasteiger partial charge on any atom is 0.252 e. The van der Waals surface area contributed by atoms with Crippen LogP contribution < -0.4 is 15.4 Å². The summed E-state index contributed by atoms with van der Waals surface area (Å²) in [5, 5.41) is 6.49. The first-order chi connectivity index (χ1) is 13.3. The maximum absolute atomic E-state index is 12.2. The number of methoxy groups -OCH3 is 1. The van der Waals surface area contributed by atoms with Crippen LogP contribution in [0.5, 0.6) is 5.75 Å². The minimum Gasteiger partial charge on any atom is -0.496 e. The molecule has 9 heteroatoms. The minimum atomic E-state index is -3.39. The Kier molecular flexibility index (Phi) is 7.85. The lowest BCUT2D eigenvalue weighted by Crippen LogP contribution is -2.37. The third-order valence-electron chi connectivity index (χ3n) is 4.20. The van der Waals surface area contributed by atoms with E-state index in [-0.39, 0.29) is 0 Å². The Balaban J connectivity index is 1.86. The first kappa shape index (κ1) is 22.2. The number of ether oxygens (including phenoxy) is 1. The zero-order valence-corrected chi connectivity index (χ0v) is 18.6. The highest BCUT2D eigenvalue weighted by Gasteiger charge is 2.19. The molecule has 0 aliphatic rings. The van der Waals surface area contributed by atoms with Crippen LogP contribution in [0.1, 0.15) is 16.0 Å². The van der Waals surface area contributed by atoms with Crippen LogP contribution in [0.15, 0.2) is 39.5 Å². The number of rotatable bonds is 8. The number of guanidine groups is 1. The predicted octanol–water partition coefficient (Wildman–Crippen LogP) is 2.22. The topological polar surface area (TPSA) is 83.0 Å². The molecule has 2 aromatic rings. The SMILES string of the molecule is CN=C(NCCc1ccc(C)c(OC)c1)NCc1ccc(S(=O)(=O)N(C)C)s1. The summed E-state index contributed by atoms with van der Waals surface area (Å²) in [7, 11) is 3.06. The van der Waals surface area contributed by atoms with Gasteiger partial charge in [0.15, 0.2) is 5.96 Å². The molecule has 0 radical (unpaired) electrons. The molecule has 2 N–H and O–H groups in total. The quantitative estimate of drug-likeness (QED) is 0.502. The summed E-state index contributed by atoms with van der Waals surface area (Å²) in [6.45, 7) is 3.24. The molecular weight excluding hydrogens is 396 g/mol. The summed E-state index contributed by atoms with van der Waals surface area (Å²) in [6, 6.07) is 9.65. The van der Waals surface area contributed by atoms with Crippen molar-refractivity contribution in [3.8, 4) is 5.75 Å². The molecule has 1 aromatic carbocycles. The van der Waals surface area contributed by atoms with E-state index in [0.29, 0.717) is 16.7 Å². The minimum absolute atomic E-state index is 0.338. The summed E-state index contributed by atoms with van der Waals surface area (Å²) in [6.07, 6.45) is 0.835. The third kappa shape index (κ3) is 5.70. The molecule has 1 aromatic heterocycles. The smallest absolute Gasteiger partial charge is 0.252 e. The fraction of sp³-hybridized carbons (Fsp3) is 0.421. The maximum atomic E-state index is 12.2. The molecule has 28 heavy (non-hydrogen) atoms. The van der Waals surface area contributed by atoms with Crippen LogP contribution in [0, 0.1) is 6.92 Å². The Morgan fingerprint density at radius 2 is 1.96 bits per heavy atom. The predicted molar refractivity (Wildman–Crippen MR) is 115 cm³/mol. The zero-order chi connectivity index (χ0) is 20.7. The number of nitrogens with zero attached hydrogens (tertiary/aromatic N) is 2. The lowest BCUT2D eigenvalue weighted by Gasteiger charge is -2.12. The van der Waals surface area contributed by atoms with Crippen molar-refractivity contribution in [3.63, 3.8) is 0 Å². The summed E-state index contributed by atoms with van der Waals surface area (Å²) >= 11 is 1.26. The number of benzene rings is 1. The molecule has 0 aliphatic heterocycles. The van der Waals surface area contributed by atoms with Gasteiger partial charge in [0, 0.05) is 32.6 Å². The van der Waals surface area contributed by atoms with Gasteiger partial charge in [0.2, 0.25) is 0 Å². The molecule has 2 rings (SSSR count). The Morgan fingerprint density at radius 3 is 2.61 bits per heavy atom. The Labute approximate surface area is 171 Å². The molecule has 0 aliphatic carbocycles. The van der Waals surface area contributed by atoms with Crippen LogP contribution in [0.3, 0.4) is 0 Å². The van der Waals surface area contributed by atoms with Gasteiger partial charge in [0.25, 0.3) is 10.0 Å². The molecule has 0 fully saturated rings.